The average molecular weight is 292 g/mol. The molecule has 0 radical (unpaired) electrons. The molecule has 1 aromatic carbocycles. The van der Waals surface area contributed by atoms with Gasteiger partial charge in [0, 0.05) is 18.7 Å². The third-order valence-corrected chi connectivity index (χ3v) is 4.36. The minimum Gasteiger partial charge on any atom is -0.314 e. The van der Waals surface area contributed by atoms with Gasteiger partial charge in [-0.2, -0.15) is 0 Å². The molecule has 3 heterocycles. The van der Waals surface area contributed by atoms with Crippen LogP contribution in [0.25, 0.3) is 11.2 Å². The van der Waals surface area contributed by atoms with Crippen molar-refractivity contribution in [1.29, 1.82) is 0 Å². The Morgan fingerprint density at radius 3 is 2.86 bits per heavy atom. The lowest BCUT2D eigenvalue weighted by molar-refractivity contribution is 0.568. The van der Waals surface area contributed by atoms with E-state index in [4.69, 9.17) is 4.98 Å². The van der Waals surface area contributed by atoms with Crippen LogP contribution in [0, 0.1) is 0 Å². The van der Waals surface area contributed by atoms with E-state index in [0.717, 1.165) is 36.5 Å². The zero-order valence-electron chi connectivity index (χ0n) is 12.6. The Labute approximate surface area is 130 Å². The van der Waals surface area contributed by atoms with Crippen molar-refractivity contribution >= 4 is 11.2 Å². The highest BCUT2D eigenvalue weighted by atomic mass is 15.1. The van der Waals surface area contributed by atoms with Gasteiger partial charge in [0.25, 0.3) is 0 Å². The van der Waals surface area contributed by atoms with Gasteiger partial charge in [-0.25, -0.2) is 9.97 Å². The van der Waals surface area contributed by atoms with Crippen molar-refractivity contribution in [3.05, 3.63) is 60.0 Å². The highest BCUT2D eigenvalue weighted by Crippen LogP contribution is 2.19. The molecule has 1 unspecified atom stereocenters. The molecule has 1 atom stereocenters. The van der Waals surface area contributed by atoms with Crippen LogP contribution in [0.3, 0.4) is 0 Å². The van der Waals surface area contributed by atoms with Gasteiger partial charge in [0.1, 0.15) is 11.3 Å². The van der Waals surface area contributed by atoms with Crippen LogP contribution in [-0.4, -0.2) is 27.1 Å². The monoisotopic (exact) mass is 292 g/mol. The number of rotatable bonds is 4. The second-order valence-corrected chi connectivity index (χ2v) is 5.94. The number of nitrogens with one attached hydrogen (secondary N) is 1. The lowest BCUT2D eigenvalue weighted by atomic mass is 10.1. The van der Waals surface area contributed by atoms with E-state index in [0.29, 0.717) is 6.04 Å². The summed E-state index contributed by atoms with van der Waals surface area (Å²) < 4.78 is 2.27. The molecule has 1 fully saturated rings. The van der Waals surface area contributed by atoms with Gasteiger partial charge in [-0.15, -0.1) is 0 Å². The van der Waals surface area contributed by atoms with E-state index in [1.54, 1.807) is 0 Å². The Kier molecular flexibility index (Phi) is 3.60. The van der Waals surface area contributed by atoms with Crippen LogP contribution in [-0.2, 0) is 13.0 Å². The van der Waals surface area contributed by atoms with Crippen molar-refractivity contribution < 1.29 is 0 Å². The second-order valence-electron chi connectivity index (χ2n) is 5.94. The molecule has 1 aliphatic rings. The Hall–Kier alpha value is -2.20. The summed E-state index contributed by atoms with van der Waals surface area (Å²) in [5.41, 5.74) is 3.26. The lowest BCUT2D eigenvalue weighted by Gasteiger charge is -2.12. The minimum atomic E-state index is 0.548. The average Bonchev–Trinajstić information content (AvgIpc) is 3.18. The van der Waals surface area contributed by atoms with E-state index < -0.39 is 0 Å². The molecule has 4 nitrogen and oxygen atoms in total. The maximum absolute atomic E-state index is 4.83. The Balaban J connectivity index is 1.72. The molecule has 4 heteroatoms. The highest BCUT2D eigenvalue weighted by Gasteiger charge is 2.19. The largest absolute Gasteiger partial charge is 0.314 e. The summed E-state index contributed by atoms with van der Waals surface area (Å²) in [6.07, 6.45) is 5.33. The molecule has 0 spiro atoms. The molecule has 1 aliphatic heterocycles. The molecule has 22 heavy (non-hydrogen) atoms. The molecule has 0 aliphatic carbocycles. The third-order valence-electron chi connectivity index (χ3n) is 4.36. The molecule has 112 valence electrons. The summed E-state index contributed by atoms with van der Waals surface area (Å²) >= 11 is 0. The Morgan fingerprint density at radius 1 is 1.14 bits per heavy atom. The van der Waals surface area contributed by atoms with Crippen molar-refractivity contribution in [1.82, 2.24) is 19.9 Å². The molecular formula is C18H20N4. The SMILES string of the molecule is c1ccc(Cn2c(CC3CCCN3)nc3cccnc32)cc1. The van der Waals surface area contributed by atoms with Gasteiger partial charge in [0.05, 0.1) is 6.54 Å². The summed E-state index contributed by atoms with van der Waals surface area (Å²) in [5, 5.41) is 3.57. The zero-order valence-corrected chi connectivity index (χ0v) is 12.6. The van der Waals surface area contributed by atoms with Crippen molar-refractivity contribution in [2.24, 2.45) is 0 Å². The van der Waals surface area contributed by atoms with Gasteiger partial charge in [-0.1, -0.05) is 30.3 Å². The van der Waals surface area contributed by atoms with Crippen molar-refractivity contribution in [3.63, 3.8) is 0 Å². The fourth-order valence-electron chi connectivity index (χ4n) is 3.24. The van der Waals surface area contributed by atoms with Crippen LogP contribution in [0.15, 0.2) is 48.7 Å². The minimum absolute atomic E-state index is 0.548. The third kappa shape index (κ3) is 2.62. The lowest BCUT2D eigenvalue weighted by Crippen LogP contribution is -2.25. The number of pyridine rings is 1. The quantitative estimate of drug-likeness (QED) is 0.804. The van der Waals surface area contributed by atoms with E-state index in [1.807, 2.05) is 12.3 Å². The summed E-state index contributed by atoms with van der Waals surface area (Å²) in [6.45, 7) is 1.96. The van der Waals surface area contributed by atoms with E-state index in [2.05, 4.69) is 51.3 Å². The smallest absolute Gasteiger partial charge is 0.160 e. The van der Waals surface area contributed by atoms with Crippen LogP contribution >= 0.6 is 0 Å². The molecule has 2 aromatic heterocycles. The first-order chi connectivity index (χ1) is 10.9. The van der Waals surface area contributed by atoms with E-state index >= 15 is 0 Å². The number of hydrogen-bond acceptors (Lipinski definition) is 3. The molecule has 0 saturated carbocycles. The number of imidazole rings is 1. The summed E-state index contributed by atoms with van der Waals surface area (Å²) in [4.78, 5) is 9.39. The van der Waals surface area contributed by atoms with Crippen molar-refractivity contribution in [2.75, 3.05) is 6.54 Å². The maximum Gasteiger partial charge on any atom is 0.160 e. The summed E-state index contributed by atoms with van der Waals surface area (Å²) in [7, 11) is 0. The van der Waals surface area contributed by atoms with Crippen LogP contribution in [0.5, 0.6) is 0 Å². The standard InChI is InChI=1S/C18H20N4/c1-2-6-14(7-3-1)13-22-17(12-15-8-4-10-19-15)21-16-9-5-11-20-18(16)22/h1-3,5-7,9,11,15,19H,4,8,10,12-13H2. The Bertz CT molecular complexity index is 757. The Morgan fingerprint density at radius 2 is 2.05 bits per heavy atom. The van der Waals surface area contributed by atoms with Gasteiger partial charge < -0.3 is 9.88 Å². The highest BCUT2D eigenvalue weighted by molar-refractivity contribution is 5.71. The van der Waals surface area contributed by atoms with E-state index in [1.165, 1.54) is 18.4 Å². The predicted molar refractivity (Wildman–Crippen MR) is 87.8 cm³/mol. The predicted octanol–water partition coefficient (Wildman–Crippen LogP) is 2.77. The first kappa shape index (κ1) is 13.5. The van der Waals surface area contributed by atoms with E-state index in [-0.39, 0.29) is 0 Å². The topological polar surface area (TPSA) is 42.7 Å². The van der Waals surface area contributed by atoms with E-state index in [9.17, 15) is 0 Å². The van der Waals surface area contributed by atoms with Gasteiger partial charge >= 0.3 is 0 Å². The van der Waals surface area contributed by atoms with Gasteiger partial charge in [0.15, 0.2) is 5.65 Å². The van der Waals surface area contributed by atoms with Gasteiger partial charge in [0.2, 0.25) is 0 Å². The fraction of sp³-hybridized carbons (Fsp3) is 0.333. The number of benzene rings is 1. The number of aromatic nitrogens is 3. The summed E-state index contributed by atoms with van der Waals surface area (Å²) in [6, 6.07) is 15.1. The molecule has 0 amide bonds. The molecule has 4 rings (SSSR count). The first-order valence-electron chi connectivity index (χ1n) is 7.97. The second kappa shape index (κ2) is 5.89. The van der Waals surface area contributed by atoms with Gasteiger partial charge in [-0.3, -0.25) is 0 Å². The molecule has 1 N–H and O–H groups in total. The van der Waals surface area contributed by atoms with Crippen LogP contribution in [0.2, 0.25) is 0 Å². The van der Waals surface area contributed by atoms with Crippen LogP contribution in [0.4, 0.5) is 0 Å². The number of hydrogen-bond donors (Lipinski definition) is 1. The molecular weight excluding hydrogens is 272 g/mol. The van der Waals surface area contributed by atoms with Gasteiger partial charge in [-0.05, 0) is 37.1 Å². The molecule has 0 bridgehead atoms. The fourth-order valence-corrected chi connectivity index (χ4v) is 3.24. The summed E-state index contributed by atoms with van der Waals surface area (Å²) in [5.74, 6) is 1.14. The molecule has 3 aromatic rings. The van der Waals surface area contributed by atoms with Crippen LogP contribution < -0.4 is 5.32 Å². The number of fused-ring (bicyclic) bond motifs is 1. The normalized spacial score (nSPS) is 18.1. The van der Waals surface area contributed by atoms with Crippen LogP contribution in [0.1, 0.15) is 24.2 Å². The number of nitrogens with zero attached hydrogens (tertiary/aromatic N) is 3. The maximum atomic E-state index is 4.83. The zero-order chi connectivity index (χ0) is 14.8. The first-order valence-corrected chi connectivity index (χ1v) is 7.97. The van der Waals surface area contributed by atoms with Crippen molar-refractivity contribution in [3.8, 4) is 0 Å². The van der Waals surface area contributed by atoms with Crippen molar-refractivity contribution in [2.45, 2.75) is 31.8 Å². The molecule has 1 saturated heterocycles.